The van der Waals surface area contributed by atoms with Crippen molar-refractivity contribution < 1.29 is 18.8 Å². The Bertz CT molecular complexity index is 1170. The molecule has 2 aromatic carbocycles. The lowest BCUT2D eigenvalue weighted by Crippen LogP contribution is -2.01. The van der Waals surface area contributed by atoms with Gasteiger partial charge in [0.15, 0.2) is 4.90 Å². The number of hydrogen-bond donors (Lipinski definition) is 1. The van der Waals surface area contributed by atoms with Crippen LogP contribution in [-0.2, 0) is 22.4 Å². The predicted molar refractivity (Wildman–Crippen MR) is 102 cm³/mol. The third-order valence-electron chi connectivity index (χ3n) is 4.49. The standard InChI is InChI=1S/C20H15FN2O3S/c1-27(26)14-5-2-12(3-6-14)20-22-9-8-18-16(11-19(24)25)15-10-13(21)4-7-17(15)23(18)20/h2-10H,11H2,1H3,(H,24,25). The van der Waals surface area contributed by atoms with Gasteiger partial charge in [0, 0.05) is 17.1 Å². The van der Waals surface area contributed by atoms with Crippen LogP contribution >= 0.6 is 0 Å². The van der Waals surface area contributed by atoms with Gasteiger partial charge in [-0.05, 0) is 65.3 Å². The van der Waals surface area contributed by atoms with Gasteiger partial charge < -0.3 is 9.66 Å². The summed E-state index contributed by atoms with van der Waals surface area (Å²) in [7, 11) is 0. The molecule has 136 valence electrons. The number of carboxylic acid groups (broad SMARTS) is 1. The summed E-state index contributed by atoms with van der Waals surface area (Å²) in [6.45, 7) is 0. The third-order valence-corrected chi connectivity index (χ3v) is 5.42. The van der Waals surface area contributed by atoms with E-state index in [0.29, 0.717) is 32.7 Å². The molecule has 0 amide bonds. The molecular formula is C20H15FN2O3S. The SMILES string of the molecule is C[S+]([O-])c1ccc(-c2nccc3c(CC(=O)O)c4cc(F)ccc4n23)cc1. The molecule has 0 saturated heterocycles. The minimum Gasteiger partial charge on any atom is -0.612 e. The number of benzene rings is 2. The number of hydrogen-bond acceptors (Lipinski definition) is 3. The van der Waals surface area contributed by atoms with Crippen LogP contribution in [0.4, 0.5) is 4.39 Å². The minimum absolute atomic E-state index is 0.215. The van der Waals surface area contributed by atoms with Gasteiger partial charge in [-0.2, -0.15) is 0 Å². The molecule has 5 nitrogen and oxygen atoms in total. The van der Waals surface area contributed by atoms with Gasteiger partial charge >= 0.3 is 5.97 Å². The second-order valence-corrected chi connectivity index (χ2v) is 7.56. The molecule has 0 fully saturated rings. The van der Waals surface area contributed by atoms with Crippen molar-refractivity contribution in [3.8, 4) is 11.4 Å². The average molecular weight is 382 g/mol. The van der Waals surface area contributed by atoms with Crippen molar-refractivity contribution in [2.24, 2.45) is 0 Å². The molecule has 0 saturated carbocycles. The van der Waals surface area contributed by atoms with Crippen molar-refractivity contribution in [2.45, 2.75) is 11.3 Å². The van der Waals surface area contributed by atoms with Gasteiger partial charge in [0.1, 0.15) is 17.9 Å². The summed E-state index contributed by atoms with van der Waals surface area (Å²) in [6, 6.07) is 13.3. The molecule has 1 N–H and O–H groups in total. The van der Waals surface area contributed by atoms with Crippen LogP contribution in [0.3, 0.4) is 0 Å². The third kappa shape index (κ3) is 3.05. The summed E-state index contributed by atoms with van der Waals surface area (Å²) in [6.07, 6.45) is 3.00. The lowest BCUT2D eigenvalue weighted by atomic mass is 10.1. The van der Waals surface area contributed by atoms with Crippen LogP contribution in [0.2, 0.25) is 0 Å². The van der Waals surface area contributed by atoms with Crippen molar-refractivity contribution in [3.63, 3.8) is 0 Å². The van der Waals surface area contributed by atoms with E-state index in [1.807, 2.05) is 16.5 Å². The van der Waals surface area contributed by atoms with Crippen molar-refractivity contribution in [1.29, 1.82) is 0 Å². The summed E-state index contributed by atoms with van der Waals surface area (Å²) in [5.74, 6) is -0.801. The number of halogens is 1. The van der Waals surface area contributed by atoms with Crippen molar-refractivity contribution in [2.75, 3.05) is 6.26 Å². The number of carbonyl (C=O) groups is 1. The monoisotopic (exact) mass is 382 g/mol. The van der Waals surface area contributed by atoms with E-state index in [1.54, 1.807) is 36.7 Å². The Morgan fingerprint density at radius 1 is 1.19 bits per heavy atom. The summed E-state index contributed by atoms with van der Waals surface area (Å²) >= 11 is -1.08. The van der Waals surface area contributed by atoms with E-state index in [4.69, 9.17) is 0 Å². The average Bonchev–Trinajstić information content (AvgIpc) is 2.94. The van der Waals surface area contributed by atoms with E-state index in [-0.39, 0.29) is 6.42 Å². The molecular weight excluding hydrogens is 367 g/mol. The number of nitrogens with zero attached hydrogens (tertiary/aromatic N) is 2. The Kier molecular flexibility index (Phi) is 4.33. The molecule has 0 bridgehead atoms. The molecule has 1 unspecified atom stereocenters. The highest BCUT2D eigenvalue weighted by Crippen LogP contribution is 2.32. The zero-order valence-electron chi connectivity index (χ0n) is 14.3. The Morgan fingerprint density at radius 2 is 1.93 bits per heavy atom. The lowest BCUT2D eigenvalue weighted by molar-refractivity contribution is -0.136. The van der Waals surface area contributed by atoms with Crippen LogP contribution < -0.4 is 0 Å². The van der Waals surface area contributed by atoms with Gasteiger partial charge in [-0.25, -0.2) is 9.37 Å². The molecule has 0 aliphatic rings. The first-order valence-electron chi connectivity index (χ1n) is 8.19. The van der Waals surface area contributed by atoms with Crippen molar-refractivity contribution >= 4 is 33.6 Å². The summed E-state index contributed by atoms with van der Waals surface area (Å²) in [4.78, 5) is 16.5. The maximum atomic E-state index is 13.8. The van der Waals surface area contributed by atoms with Crippen LogP contribution in [0.5, 0.6) is 0 Å². The fourth-order valence-electron chi connectivity index (χ4n) is 3.32. The van der Waals surface area contributed by atoms with Gasteiger partial charge in [-0.1, -0.05) is 0 Å². The highest BCUT2D eigenvalue weighted by Gasteiger charge is 2.18. The fraction of sp³-hybridized carbons (Fsp3) is 0.100. The second kappa shape index (κ2) is 6.68. The van der Waals surface area contributed by atoms with E-state index >= 15 is 0 Å². The molecule has 0 spiro atoms. The Hall–Kier alpha value is -2.90. The Morgan fingerprint density at radius 3 is 2.59 bits per heavy atom. The van der Waals surface area contributed by atoms with Gasteiger partial charge in [0.2, 0.25) is 0 Å². The topological polar surface area (TPSA) is 77.7 Å². The molecule has 2 aromatic heterocycles. The van der Waals surface area contributed by atoms with Gasteiger partial charge in [-0.15, -0.1) is 0 Å². The first-order chi connectivity index (χ1) is 13.0. The normalized spacial score (nSPS) is 12.6. The number of carboxylic acids is 1. The molecule has 4 aromatic rings. The summed E-state index contributed by atoms with van der Waals surface area (Å²) in [5, 5.41) is 9.85. The van der Waals surface area contributed by atoms with Crippen LogP contribution in [0.25, 0.3) is 27.8 Å². The number of rotatable bonds is 4. The van der Waals surface area contributed by atoms with E-state index < -0.39 is 23.0 Å². The maximum absolute atomic E-state index is 13.8. The Labute approximate surface area is 157 Å². The fourth-order valence-corrected chi connectivity index (χ4v) is 3.84. The maximum Gasteiger partial charge on any atom is 0.307 e. The summed E-state index contributed by atoms with van der Waals surface area (Å²) < 4.78 is 27.3. The number of aromatic nitrogens is 2. The van der Waals surface area contributed by atoms with Crippen LogP contribution in [0.15, 0.2) is 59.6 Å². The molecule has 1 atom stereocenters. The van der Waals surface area contributed by atoms with E-state index in [0.717, 1.165) is 5.56 Å². The largest absolute Gasteiger partial charge is 0.612 e. The minimum atomic E-state index is -1.08. The Balaban J connectivity index is 2.03. The zero-order valence-corrected chi connectivity index (χ0v) is 15.2. The molecule has 27 heavy (non-hydrogen) atoms. The molecule has 2 heterocycles. The molecule has 7 heteroatoms. The molecule has 0 radical (unpaired) electrons. The second-order valence-electron chi connectivity index (χ2n) is 6.18. The van der Waals surface area contributed by atoms with Crippen LogP contribution in [0.1, 0.15) is 5.56 Å². The van der Waals surface area contributed by atoms with Gasteiger partial charge in [-0.3, -0.25) is 9.20 Å². The van der Waals surface area contributed by atoms with Crippen LogP contribution in [0, 0.1) is 5.82 Å². The first-order valence-corrected chi connectivity index (χ1v) is 9.74. The zero-order chi connectivity index (χ0) is 19.1. The number of aliphatic carboxylic acids is 1. The summed E-state index contributed by atoms with van der Waals surface area (Å²) in [5.41, 5.74) is 2.70. The molecule has 4 rings (SSSR count). The van der Waals surface area contributed by atoms with E-state index in [1.165, 1.54) is 12.1 Å². The quantitative estimate of drug-likeness (QED) is 0.547. The van der Waals surface area contributed by atoms with Crippen LogP contribution in [-0.4, -0.2) is 31.3 Å². The van der Waals surface area contributed by atoms with E-state index in [9.17, 15) is 18.8 Å². The highest BCUT2D eigenvalue weighted by molar-refractivity contribution is 7.90. The smallest absolute Gasteiger partial charge is 0.307 e. The molecule has 0 aliphatic heterocycles. The molecule has 0 aliphatic carbocycles. The first kappa shape index (κ1) is 17.5. The van der Waals surface area contributed by atoms with Gasteiger partial charge in [0.05, 0.1) is 17.5 Å². The van der Waals surface area contributed by atoms with Crippen molar-refractivity contribution in [1.82, 2.24) is 9.38 Å². The van der Waals surface area contributed by atoms with Gasteiger partial charge in [0.25, 0.3) is 0 Å². The number of fused-ring (bicyclic) bond motifs is 3. The highest BCUT2D eigenvalue weighted by atomic mass is 32.2. The predicted octanol–water partition coefficient (Wildman–Crippen LogP) is 3.66. The van der Waals surface area contributed by atoms with Crippen molar-refractivity contribution in [3.05, 3.63) is 66.1 Å². The van der Waals surface area contributed by atoms with E-state index in [2.05, 4.69) is 4.98 Å². The lowest BCUT2D eigenvalue weighted by Gasteiger charge is -2.08.